The lowest BCUT2D eigenvalue weighted by Gasteiger charge is -2.70. The smallest absolute Gasteiger partial charge is 0.0115 e. The molecule has 0 aromatic carbocycles. The fraction of sp³-hybridized carbons (Fsp3) is 0.867. The predicted molar refractivity (Wildman–Crippen MR) is 64.5 cm³/mol. The Morgan fingerprint density at radius 2 is 2.13 bits per heavy atom. The van der Waals surface area contributed by atoms with Crippen LogP contribution in [0.5, 0.6) is 0 Å². The van der Waals surface area contributed by atoms with Crippen molar-refractivity contribution in [3.8, 4) is 0 Å². The molecule has 15 heavy (non-hydrogen) atoms. The molecule has 84 valence electrons. The standard InChI is InChI=1S/C15H24/c1-9(2)11-7-8-15(4)12-6-5-10(3)14(15)13(11)12/h5,9,11-14H,6-8H2,1-4H3/t11?,12?,13?,14-,15-/m0/s1. The van der Waals surface area contributed by atoms with Gasteiger partial charge in [0.1, 0.15) is 0 Å². The van der Waals surface area contributed by atoms with Crippen molar-refractivity contribution in [3.63, 3.8) is 0 Å². The van der Waals surface area contributed by atoms with Gasteiger partial charge in [0.15, 0.2) is 0 Å². The van der Waals surface area contributed by atoms with Crippen LogP contribution in [0, 0.1) is 35.0 Å². The molecule has 0 radical (unpaired) electrons. The second kappa shape index (κ2) is 2.90. The first-order chi connectivity index (χ1) is 7.05. The zero-order valence-electron chi connectivity index (χ0n) is 10.6. The second-order valence-electron chi connectivity index (χ2n) is 6.80. The maximum atomic E-state index is 2.56. The quantitative estimate of drug-likeness (QED) is 0.559. The molecule has 0 saturated heterocycles. The fourth-order valence-corrected chi connectivity index (χ4v) is 5.25. The van der Waals surface area contributed by atoms with Crippen molar-refractivity contribution in [3.05, 3.63) is 11.6 Å². The lowest BCUT2D eigenvalue weighted by molar-refractivity contribution is -0.181. The molecule has 0 spiro atoms. The molecule has 5 atom stereocenters. The lowest BCUT2D eigenvalue weighted by atomic mass is 9.34. The molecule has 0 amide bonds. The summed E-state index contributed by atoms with van der Waals surface area (Å²) >= 11 is 0. The highest BCUT2D eigenvalue weighted by Crippen LogP contribution is 2.71. The van der Waals surface area contributed by atoms with Crippen molar-refractivity contribution < 1.29 is 0 Å². The maximum Gasteiger partial charge on any atom is -0.0115 e. The molecular weight excluding hydrogens is 180 g/mol. The Morgan fingerprint density at radius 1 is 1.40 bits per heavy atom. The molecule has 0 nitrogen and oxygen atoms in total. The van der Waals surface area contributed by atoms with E-state index in [1.54, 1.807) is 5.57 Å². The van der Waals surface area contributed by atoms with Crippen LogP contribution in [0.15, 0.2) is 11.6 Å². The minimum atomic E-state index is 0.703. The normalized spacial score (nSPS) is 52.5. The van der Waals surface area contributed by atoms with E-state index in [1.807, 2.05) is 0 Å². The highest BCUT2D eigenvalue weighted by Gasteiger charge is 2.64. The van der Waals surface area contributed by atoms with Gasteiger partial charge in [-0.3, -0.25) is 0 Å². The molecule has 0 aromatic heterocycles. The third-order valence-corrected chi connectivity index (χ3v) is 5.96. The van der Waals surface area contributed by atoms with Gasteiger partial charge in [-0.05, 0) is 61.2 Å². The van der Waals surface area contributed by atoms with Crippen LogP contribution in [0.3, 0.4) is 0 Å². The minimum absolute atomic E-state index is 0.703. The van der Waals surface area contributed by atoms with E-state index in [2.05, 4.69) is 33.8 Å². The number of hydrogen-bond acceptors (Lipinski definition) is 0. The molecule has 0 aliphatic heterocycles. The molecule has 4 aliphatic rings. The van der Waals surface area contributed by atoms with Crippen molar-refractivity contribution in [2.45, 2.75) is 47.0 Å². The van der Waals surface area contributed by atoms with Crippen molar-refractivity contribution in [1.29, 1.82) is 0 Å². The highest BCUT2D eigenvalue weighted by atomic mass is 14.7. The van der Waals surface area contributed by atoms with E-state index in [-0.39, 0.29) is 0 Å². The largest absolute Gasteiger partial charge is 0.0850 e. The van der Waals surface area contributed by atoms with E-state index < -0.39 is 0 Å². The van der Waals surface area contributed by atoms with Gasteiger partial charge in [0.25, 0.3) is 0 Å². The predicted octanol–water partition coefficient (Wildman–Crippen LogP) is 4.27. The Hall–Kier alpha value is -0.260. The lowest BCUT2D eigenvalue weighted by Crippen LogP contribution is -2.63. The first-order valence-electron chi connectivity index (χ1n) is 6.72. The van der Waals surface area contributed by atoms with E-state index in [1.165, 1.54) is 19.3 Å². The van der Waals surface area contributed by atoms with Crippen LogP contribution >= 0.6 is 0 Å². The van der Waals surface area contributed by atoms with Gasteiger partial charge in [0.05, 0.1) is 0 Å². The SMILES string of the molecule is CC1=CCC2C3C(C(C)C)CC[C@]2(C)[C@@H]13. The van der Waals surface area contributed by atoms with E-state index in [9.17, 15) is 0 Å². The van der Waals surface area contributed by atoms with E-state index in [4.69, 9.17) is 0 Å². The van der Waals surface area contributed by atoms with Crippen molar-refractivity contribution in [2.24, 2.45) is 35.0 Å². The Labute approximate surface area is 94.1 Å². The van der Waals surface area contributed by atoms with Gasteiger partial charge in [-0.2, -0.15) is 0 Å². The van der Waals surface area contributed by atoms with Crippen molar-refractivity contribution >= 4 is 0 Å². The molecule has 0 N–H and O–H groups in total. The number of hydrogen-bond donors (Lipinski definition) is 0. The van der Waals surface area contributed by atoms with Crippen molar-refractivity contribution in [2.75, 3.05) is 0 Å². The van der Waals surface area contributed by atoms with Gasteiger partial charge >= 0.3 is 0 Å². The zero-order chi connectivity index (χ0) is 10.8. The third-order valence-electron chi connectivity index (χ3n) is 5.96. The summed E-state index contributed by atoms with van der Waals surface area (Å²) in [5, 5.41) is 0. The summed E-state index contributed by atoms with van der Waals surface area (Å²) in [5.74, 6) is 4.96. The van der Waals surface area contributed by atoms with Gasteiger partial charge in [0.2, 0.25) is 0 Å². The number of rotatable bonds is 1. The van der Waals surface area contributed by atoms with Crippen LogP contribution in [0.4, 0.5) is 0 Å². The van der Waals surface area contributed by atoms with Gasteiger partial charge < -0.3 is 0 Å². The first-order valence-corrected chi connectivity index (χ1v) is 6.72. The Kier molecular flexibility index (Phi) is 1.92. The highest BCUT2D eigenvalue weighted by molar-refractivity contribution is 5.28. The van der Waals surface area contributed by atoms with Crippen LogP contribution in [0.2, 0.25) is 0 Å². The van der Waals surface area contributed by atoms with Gasteiger partial charge in [-0.1, -0.05) is 32.4 Å². The van der Waals surface area contributed by atoms with Gasteiger partial charge in [0, 0.05) is 0 Å². The molecule has 0 aromatic rings. The molecule has 2 fully saturated rings. The Balaban J connectivity index is 1.95. The number of allylic oxidation sites excluding steroid dienone is 2. The fourth-order valence-electron chi connectivity index (χ4n) is 5.25. The van der Waals surface area contributed by atoms with Gasteiger partial charge in [-0.15, -0.1) is 0 Å². The molecule has 4 rings (SSSR count). The molecule has 0 heteroatoms. The maximum absolute atomic E-state index is 2.56. The molecule has 4 aliphatic carbocycles. The van der Waals surface area contributed by atoms with Crippen LogP contribution < -0.4 is 0 Å². The van der Waals surface area contributed by atoms with E-state index in [0.29, 0.717) is 5.41 Å². The molecule has 4 bridgehead atoms. The monoisotopic (exact) mass is 204 g/mol. The third kappa shape index (κ3) is 1.04. The molecule has 0 heterocycles. The minimum Gasteiger partial charge on any atom is -0.0850 e. The number of fused-ring (bicyclic) bond motifs is 1. The summed E-state index contributed by atoms with van der Waals surface area (Å²) in [4.78, 5) is 0. The average molecular weight is 204 g/mol. The summed E-state index contributed by atoms with van der Waals surface area (Å²) in [6.45, 7) is 9.81. The van der Waals surface area contributed by atoms with Crippen LogP contribution in [0.1, 0.15) is 47.0 Å². The summed E-state index contributed by atoms with van der Waals surface area (Å²) in [7, 11) is 0. The summed E-state index contributed by atoms with van der Waals surface area (Å²) < 4.78 is 0. The zero-order valence-corrected chi connectivity index (χ0v) is 10.6. The second-order valence-corrected chi connectivity index (χ2v) is 6.80. The topological polar surface area (TPSA) is 0 Å². The van der Waals surface area contributed by atoms with Crippen LogP contribution in [-0.2, 0) is 0 Å². The van der Waals surface area contributed by atoms with E-state index >= 15 is 0 Å². The van der Waals surface area contributed by atoms with Crippen molar-refractivity contribution in [1.82, 2.24) is 0 Å². The molecule has 3 unspecified atom stereocenters. The van der Waals surface area contributed by atoms with E-state index in [0.717, 1.165) is 29.6 Å². The van der Waals surface area contributed by atoms with Gasteiger partial charge in [-0.25, -0.2) is 0 Å². The Morgan fingerprint density at radius 3 is 2.73 bits per heavy atom. The molecular formula is C15H24. The van der Waals surface area contributed by atoms with Crippen LogP contribution in [0.25, 0.3) is 0 Å². The Bertz CT molecular complexity index is 312. The summed E-state index contributed by atoms with van der Waals surface area (Å²) in [6, 6.07) is 0. The average Bonchev–Trinajstić information content (AvgIpc) is 2.17. The summed E-state index contributed by atoms with van der Waals surface area (Å²) in [5.41, 5.74) is 2.42. The summed E-state index contributed by atoms with van der Waals surface area (Å²) in [6.07, 6.45) is 6.90. The molecule has 2 saturated carbocycles. The van der Waals surface area contributed by atoms with Crippen LogP contribution in [-0.4, -0.2) is 0 Å². The first kappa shape index (κ1) is 9.93.